The van der Waals surface area contributed by atoms with Crippen molar-refractivity contribution in [3.63, 3.8) is 0 Å². The first-order chi connectivity index (χ1) is 14.2. The molecule has 0 fully saturated rings. The summed E-state index contributed by atoms with van der Waals surface area (Å²) < 4.78 is 0. The van der Waals surface area contributed by atoms with Gasteiger partial charge in [-0.05, 0) is 25.5 Å². The van der Waals surface area contributed by atoms with Crippen LogP contribution >= 0.6 is 0 Å². The van der Waals surface area contributed by atoms with Crippen LogP contribution in [0.1, 0.15) is 19.4 Å². The number of pyridine rings is 2. The first-order valence-electron chi connectivity index (χ1n) is 10.3. The molecule has 4 rings (SSSR count). The predicted molar refractivity (Wildman–Crippen MR) is 119 cm³/mol. The van der Waals surface area contributed by atoms with Crippen molar-refractivity contribution in [2.45, 2.75) is 20.4 Å². The summed E-state index contributed by atoms with van der Waals surface area (Å²) in [5.74, 6) is 1.12. The fourth-order valence-electron chi connectivity index (χ4n) is 3.81. The molecule has 4 N–H and O–H groups in total. The average molecular weight is 385 g/mol. The summed E-state index contributed by atoms with van der Waals surface area (Å²) in [5.41, 5.74) is 10.7. The molecule has 29 heavy (non-hydrogen) atoms. The van der Waals surface area contributed by atoms with Crippen LogP contribution in [0.2, 0.25) is 0 Å². The Balaban J connectivity index is 1.99. The predicted octanol–water partition coefficient (Wildman–Crippen LogP) is 3.97. The van der Waals surface area contributed by atoms with Gasteiger partial charge in [-0.2, -0.15) is 0 Å². The van der Waals surface area contributed by atoms with E-state index in [1.165, 1.54) is 11.1 Å². The molecule has 2 aromatic heterocycles. The van der Waals surface area contributed by atoms with Gasteiger partial charge in [-0.15, -0.1) is 0 Å². The maximum Gasteiger partial charge on any atom is 0.283 e. The molecule has 4 heteroatoms. The SMILES string of the molecule is CCN(CC)c1[nH+]ccc2nc(-c3ccc(C[NH3+])cc3)c(-c3ccccc3)cc12. The van der Waals surface area contributed by atoms with Gasteiger partial charge in [0.2, 0.25) is 0 Å². The number of quaternary nitrogens is 1. The number of aromatic nitrogens is 2. The normalized spacial score (nSPS) is 11.0. The number of benzene rings is 2. The largest absolute Gasteiger partial charge is 0.354 e. The van der Waals surface area contributed by atoms with Crippen LogP contribution in [-0.4, -0.2) is 18.1 Å². The minimum absolute atomic E-state index is 0.792. The van der Waals surface area contributed by atoms with Gasteiger partial charge in [-0.1, -0.05) is 54.6 Å². The minimum Gasteiger partial charge on any atom is -0.354 e. The number of anilines is 1. The van der Waals surface area contributed by atoms with Crippen LogP contribution < -0.4 is 15.6 Å². The standard InChI is InChI=1S/C25H26N4/c1-3-29(4-2)25-22-16-21(19-8-6-5-7-9-19)24(28-23(22)14-15-27-25)20-12-10-18(17-26)11-13-20/h5-16H,3-4,17,26H2,1-2H3/p+2. The monoisotopic (exact) mass is 384 g/mol. The lowest BCUT2D eigenvalue weighted by atomic mass is 9.97. The van der Waals surface area contributed by atoms with Gasteiger partial charge in [0.15, 0.2) is 0 Å². The molecular weight excluding hydrogens is 356 g/mol. The highest BCUT2D eigenvalue weighted by atomic mass is 15.2. The Morgan fingerprint density at radius 3 is 2.28 bits per heavy atom. The van der Waals surface area contributed by atoms with E-state index < -0.39 is 0 Å². The van der Waals surface area contributed by atoms with Gasteiger partial charge in [0.05, 0.1) is 42.4 Å². The highest BCUT2D eigenvalue weighted by Gasteiger charge is 2.19. The van der Waals surface area contributed by atoms with Gasteiger partial charge in [-0.25, -0.2) is 9.97 Å². The third-order valence-electron chi connectivity index (χ3n) is 5.45. The van der Waals surface area contributed by atoms with Crippen LogP contribution in [0.5, 0.6) is 0 Å². The molecule has 0 radical (unpaired) electrons. The lowest BCUT2D eigenvalue weighted by Crippen LogP contribution is -2.47. The van der Waals surface area contributed by atoms with E-state index in [0.717, 1.165) is 53.2 Å². The molecular formula is C25H28N4+2. The molecule has 146 valence electrons. The molecule has 0 aliphatic carbocycles. The number of rotatable bonds is 6. The van der Waals surface area contributed by atoms with Gasteiger partial charge in [0.25, 0.3) is 5.82 Å². The Labute approximate surface area is 172 Å². The van der Waals surface area contributed by atoms with Crippen molar-refractivity contribution in [3.8, 4) is 22.4 Å². The van der Waals surface area contributed by atoms with Crippen molar-refractivity contribution in [1.29, 1.82) is 0 Å². The van der Waals surface area contributed by atoms with E-state index in [-0.39, 0.29) is 0 Å². The molecule has 0 aliphatic rings. The van der Waals surface area contributed by atoms with Crippen LogP contribution in [-0.2, 0) is 6.54 Å². The van der Waals surface area contributed by atoms with Crippen molar-refractivity contribution in [3.05, 3.63) is 78.5 Å². The van der Waals surface area contributed by atoms with Crippen LogP contribution in [0, 0.1) is 0 Å². The smallest absolute Gasteiger partial charge is 0.283 e. The van der Waals surface area contributed by atoms with Gasteiger partial charge < -0.3 is 5.73 Å². The summed E-state index contributed by atoms with van der Waals surface area (Å²) in [5, 5.41) is 1.15. The molecule has 0 aliphatic heterocycles. The lowest BCUT2D eigenvalue weighted by Gasteiger charge is -2.16. The van der Waals surface area contributed by atoms with Crippen molar-refractivity contribution in [1.82, 2.24) is 4.98 Å². The summed E-state index contributed by atoms with van der Waals surface area (Å²) in [7, 11) is 0. The Kier molecular flexibility index (Phi) is 5.54. The molecule has 4 nitrogen and oxygen atoms in total. The summed E-state index contributed by atoms with van der Waals surface area (Å²) in [6.07, 6.45) is 1.99. The second-order valence-electron chi connectivity index (χ2n) is 7.13. The first-order valence-corrected chi connectivity index (χ1v) is 10.3. The van der Waals surface area contributed by atoms with Crippen molar-refractivity contribution >= 4 is 16.7 Å². The highest BCUT2D eigenvalue weighted by Crippen LogP contribution is 2.35. The van der Waals surface area contributed by atoms with Gasteiger partial charge in [0, 0.05) is 22.8 Å². The van der Waals surface area contributed by atoms with E-state index >= 15 is 0 Å². The molecule has 4 aromatic rings. The fraction of sp³-hybridized carbons (Fsp3) is 0.200. The van der Waals surface area contributed by atoms with E-state index in [0.29, 0.717) is 0 Å². The molecule has 0 saturated carbocycles. The van der Waals surface area contributed by atoms with Crippen LogP contribution in [0.25, 0.3) is 33.3 Å². The third kappa shape index (κ3) is 3.71. The van der Waals surface area contributed by atoms with E-state index in [9.17, 15) is 0 Å². The number of H-pyrrole nitrogens is 1. The van der Waals surface area contributed by atoms with Crippen molar-refractivity contribution < 1.29 is 10.7 Å². The van der Waals surface area contributed by atoms with Gasteiger partial charge in [-0.3, -0.25) is 4.90 Å². The van der Waals surface area contributed by atoms with Crippen LogP contribution in [0.15, 0.2) is 72.9 Å². The molecule has 2 aromatic carbocycles. The summed E-state index contributed by atoms with van der Waals surface area (Å²) in [6.45, 7) is 7.04. The second-order valence-corrected chi connectivity index (χ2v) is 7.13. The summed E-state index contributed by atoms with van der Waals surface area (Å²) >= 11 is 0. The topological polar surface area (TPSA) is 57.9 Å². The minimum atomic E-state index is 0.792. The second kappa shape index (κ2) is 8.41. The molecule has 0 unspecified atom stereocenters. The van der Waals surface area contributed by atoms with Crippen molar-refractivity contribution in [2.75, 3.05) is 18.0 Å². The quantitative estimate of drug-likeness (QED) is 0.547. The maximum atomic E-state index is 5.13. The number of hydrogen-bond donors (Lipinski definition) is 1. The molecule has 2 heterocycles. The Morgan fingerprint density at radius 2 is 1.62 bits per heavy atom. The number of hydrogen-bond acceptors (Lipinski definition) is 2. The molecule has 0 spiro atoms. The zero-order chi connectivity index (χ0) is 20.2. The third-order valence-corrected chi connectivity index (χ3v) is 5.45. The number of nitrogens with one attached hydrogen (secondary N) is 1. The van der Waals surface area contributed by atoms with Gasteiger partial charge in [0.1, 0.15) is 0 Å². The van der Waals surface area contributed by atoms with E-state index in [1.54, 1.807) is 0 Å². The first kappa shape index (κ1) is 19.1. The molecule has 0 amide bonds. The molecule has 0 atom stereocenters. The number of fused-ring (bicyclic) bond motifs is 1. The lowest BCUT2D eigenvalue weighted by molar-refractivity contribution is -0.386. The zero-order valence-electron chi connectivity index (χ0n) is 17.2. The number of aromatic amines is 1. The number of nitrogens with zero attached hydrogens (tertiary/aromatic N) is 2. The van der Waals surface area contributed by atoms with Gasteiger partial charge >= 0.3 is 0 Å². The van der Waals surface area contributed by atoms with Crippen molar-refractivity contribution in [2.24, 2.45) is 0 Å². The van der Waals surface area contributed by atoms with E-state index in [1.807, 2.05) is 6.20 Å². The molecule has 0 bridgehead atoms. The summed E-state index contributed by atoms with van der Waals surface area (Å²) in [6, 6.07) is 23.5. The summed E-state index contributed by atoms with van der Waals surface area (Å²) in [4.78, 5) is 10.9. The highest BCUT2D eigenvalue weighted by molar-refractivity contribution is 5.96. The fourth-order valence-corrected chi connectivity index (χ4v) is 3.81. The Morgan fingerprint density at radius 1 is 0.897 bits per heavy atom. The zero-order valence-corrected chi connectivity index (χ0v) is 17.2. The van der Waals surface area contributed by atoms with E-state index in [4.69, 9.17) is 4.98 Å². The van der Waals surface area contributed by atoms with Crippen LogP contribution in [0.4, 0.5) is 5.82 Å². The maximum absolute atomic E-state index is 5.13. The Bertz CT molecular complexity index is 1100. The molecule has 0 saturated heterocycles. The van der Waals surface area contributed by atoms with E-state index in [2.05, 4.69) is 96.2 Å². The Hall–Kier alpha value is -3.24. The average Bonchev–Trinajstić information content (AvgIpc) is 2.80. The van der Waals surface area contributed by atoms with Crippen LogP contribution in [0.3, 0.4) is 0 Å².